The van der Waals surface area contributed by atoms with E-state index in [4.69, 9.17) is 5.73 Å². The maximum atomic E-state index is 10.9. The van der Waals surface area contributed by atoms with Crippen LogP contribution in [0.4, 0.5) is 5.69 Å². The molecule has 0 bridgehead atoms. The molecule has 0 aliphatic heterocycles. The Hall–Kier alpha value is -1.55. The fraction of sp³-hybridized carbons (Fsp3) is 0.222. The molecular weight excluding hydrogens is 170 g/mol. The van der Waals surface area contributed by atoms with Gasteiger partial charge in [-0.2, -0.15) is 0 Å². The number of hydrogen-bond donors (Lipinski definition) is 2. The molecule has 1 aromatic rings. The van der Waals surface area contributed by atoms with Crippen molar-refractivity contribution in [2.24, 2.45) is 0 Å². The Kier molecular flexibility index (Phi) is 2.87. The maximum absolute atomic E-state index is 10.9. The number of ether oxygens (including phenoxy) is 1. The van der Waals surface area contributed by atoms with E-state index in [-0.39, 0.29) is 0 Å². The molecule has 0 saturated heterocycles. The molecule has 0 amide bonds. The quantitative estimate of drug-likeness (QED) is 0.514. The molecule has 0 saturated carbocycles. The molecular formula is C9H11NO3. The Morgan fingerprint density at radius 1 is 1.46 bits per heavy atom. The molecule has 0 aliphatic carbocycles. The van der Waals surface area contributed by atoms with E-state index in [0.29, 0.717) is 11.3 Å². The van der Waals surface area contributed by atoms with Crippen LogP contribution < -0.4 is 5.73 Å². The van der Waals surface area contributed by atoms with Crippen LogP contribution in [0.25, 0.3) is 0 Å². The van der Waals surface area contributed by atoms with E-state index in [1.54, 1.807) is 24.3 Å². The summed E-state index contributed by atoms with van der Waals surface area (Å²) in [6.07, 6.45) is -1.23. The second-order valence-corrected chi connectivity index (χ2v) is 2.59. The summed E-state index contributed by atoms with van der Waals surface area (Å²) < 4.78 is 4.38. The highest BCUT2D eigenvalue weighted by atomic mass is 16.5. The van der Waals surface area contributed by atoms with E-state index in [1.165, 1.54) is 7.11 Å². The fourth-order valence-electron chi connectivity index (χ4n) is 0.926. The molecule has 4 nitrogen and oxygen atoms in total. The Labute approximate surface area is 75.9 Å². The van der Waals surface area contributed by atoms with Gasteiger partial charge in [0.25, 0.3) is 0 Å². The summed E-state index contributed by atoms with van der Waals surface area (Å²) in [5, 5.41) is 9.36. The van der Waals surface area contributed by atoms with Crippen molar-refractivity contribution in [1.29, 1.82) is 0 Å². The van der Waals surface area contributed by atoms with Crippen LogP contribution in [0.5, 0.6) is 0 Å². The average Bonchev–Trinajstić information content (AvgIpc) is 2.17. The van der Waals surface area contributed by atoms with Crippen LogP contribution in [0.15, 0.2) is 24.3 Å². The molecule has 0 heterocycles. The lowest BCUT2D eigenvalue weighted by atomic mass is 10.1. The van der Waals surface area contributed by atoms with Gasteiger partial charge in [0.2, 0.25) is 0 Å². The van der Waals surface area contributed by atoms with Crippen molar-refractivity contribution in [3.63, 3.8) is 0 Å². The fourth-order valence-corrected chi connectivity index (χ4v) is 0.926. The molecule has 13 heavy (non-hydrogen) atoms. The number of rotatable bonds is 2. The van der Waals surface area contributed by atoms with Crippen LogP contribution in [0.2, 0.25) is 0 Å². The van der Waals surface area contributed by atoms with Crippen molar-refractivity contribution in [1.82, 2.24) is 0 Å². The number of carbonyl (C=O) groups is 1. The number of methoxy groups -OCH3 is 1. The minimum atomic E-state index is -1.23. The van der Waals surface area contributed by atoms with E-state index < -0.39 is 12.1 Å². The van der Waals surface area contributed by atoms with Crippen molar-refractivity contribution in [2.75, 3.05) is 12.8 Å². The Bertz CT molecular complexity index is 294. The van der Waals surface area contributed by atoms with Crippen molar-refractivity contribution < 1.29 is 14.6 Å². The number of carbonyl (C=O) groups excluding carboxylic acids is 1. The second-order valence-electron chi connectivity index (χ2n) is 2.59. The van der Waals surface area contributed by atoms with E-state index in [2.05, 4.69) is 4.74 Å². The first-order valence-corrected chi connectivity index (χ1v) is 3.76. The monoisotopic (exact) mass is 181 g/mol. The van der Waals surface area contributed by atoms with Gasteiger partial charge in [0.05, 0.1) is 7.11 Å². The first kappa shape index (κ1) is 9.54. The van der Waals surface area contributed by atoms with Gasteiger partial charge in [0.1, 0.15) is 0 Å². The summed E-state index contributed by atoms with van der Waals surface area (Å²) in [5.41, 5.74) is 6.49. The van der Waals surface area contributed by atoms with Crippen LogP contribution in [0.3, 0.4) is 0 Å². The molecule has 0 radical (unpaired) electrons. The number of nitrogens with two attached hydrogens (primary N) is 1. The van der Waals surface area contributed by atoms with Gasteiger partial charge in [-0.05, 0) is 17.7 Å². The summed E-state index contributed by atoms with van der Waals surface area (Å²) in [6, 6.07) is 6.39. The minimum Gasteiger partial charge on any atom is -0.467 e. The van der Waals surface area contributed by atoms with Crippen LogP contribution in [-0.4, -0.2) is 18.2 Å². The molecule has 0 aliphatic rings. The molecule has 1 rings (SSSR count). The molecule has 1 aromatic carbocycles. The van der Waals surface area contributed by atoms with E-state index >= 15 is 0 Å². The van der Waals surface area contributed by atoms with Crippen molar-refractivity contribution in [2.45, 2.75) is 6.10 Å². The van der Waals surface area contributed by atoms with Gasteiger partial charge in [-0.1, -0.05) is 12.1 Å². The Morgan fingerprint density at radius 3 is 2.46 bits per heavy atom. The topological polar surface area (TPSA) is 72.5 Å². The predicted molar refractivity (Wildman–Crippen MR) is 47.8 cm³/mol. The highest BCUT2D eigenvalue weighted by Gasteiger charge is 2.16. The molecule has 0 fully saturated rings. The first-order chi connectivity index (χ1) is 6.15. The lowest BCUT2D eigenvalue weighted by molar-refractivity contribution is -0.150. The highest BCUT2D eigenvalue weighted by Crippen LogP contribution is 2.15. The third-order valence-corrected chi connectivity index (χ3v) is 1.68. The molecule has 3 N–H and O–H groups in total. The zero-order valence-electron chi connectivity index (χ0n) is 7.23. The normalized spacial score (nSPS) is 12.2. The lowest BCUT2D eigenvalue weighted by Crippen LogP contribution is -2.13. The number of hydrogen-bond acceptors (Lipinski definition) is 4. The number of benzene rings is 1. The summed E-state index contributed by atoms with van der Waals surface area (Å²) >= 11 is 0. The van der Waals surface area contributed by atoms with Gasteiger partial charge < -0.3 is 15.6 Å². The standard InChI is InChI=1S/C9H11NO3/c1-13-9(12)8(11)6-2-4-7(10)5-3-6/h2-5,8,11H,10H2,1H3. The molecule has 4 heteroatoms. The van der Waals surface area contributed by atoms with Gasteiger partial charge in [0, 0.05) is 5.69 Å². The summed E-state index contributed by atoms with van der Waals surface area (Å²) in [4.78, 5) is 10.9. The zero-order valence-corrected chi connectivity index (χ0v) is 7.23. The minimum absolute atomic E-state index is 0.473. The van der Waals surface area contributed by atoms with Gasteiger partial charge in [0.15, 0.2) is 6.10 Å². The molecule has 1 atom stereocenters. The van der Waals surface area contributed by atoms with Crippen molar-refractivity contribution in [3.05, 3.63) is 29.8 Å². The summed E-state index contributed by atoms with van der Waals surface area (Å²) in [7, 11) is 1.23. The zero-order chi connectivity index (χ0) is 9.84. The van der Waals surface area contributed by atoms with Gasteiger partial charge >= 0.3 is 5.97 Å². The van der Waals surface area contributed by atoms with Crippen LogP contribution in [0, 0.1) is 0 Å². The van der Waals surface area contributed by atoms with E-state index in [9.17, 15) is 9.90 Å². The SMILES string of the molecule is COC(=O)C(O)c1ccc(N)cc1. The van der Waals surface area contributed by atoms with E-state index in [1.807, 2.05) is 0 Å². The first-order valence-electron chi connectivity index (χ1n) is 3.76. The number of esters is 1. The van der Waals surface area contributed by atoms with Crippen molar-refractivity contribution >= 4 is 11.7 Å². The second kappa shape index (κ2) is 3.91. The van der Waals surface area contributed by atoms with Crippen LogP contribution >= 0.6 is 0 Å². The maximum Gasteiger partial charge on any atom is 0.339 e. The lowest BCUT2D eigenvalue weighted by Gasteiger charge is -2.07. The van der Waals surface area contributed by atoms with Crippen LogP contribution in [-0.2, 0) is 9.53 Å². The van der Waals surface area contributed by atoms with Gasteiger partial charge in [-0.15, -0.1) is 0 Å². The van der Waals surface area contributed by atoms with E-state index in [0.717, 1.165) is 0 Å². The average molecular weight is 181 g/mol. The number of nitrogen functional groups attached to an aromatic ring is 1. The summed E-state index contributed by atoms with van der Waals surface area (Å²) in [5.74, 6) is -0.676. The Morgan fingerprint density at radius 2 is 2.00 bits per heavy atom. The smallest absolute Gasteiger partial charge is 0.339 e. The summed E-state index contributed by atoms with van der Waals surface area (Å²) in [6.45, 7) is 0. The number of anilines is 1. The van der Waals surface area contributed by atoms with Crippen molar-refractivity contribution in [3.8, 4) is 0 Å². The van der Waals surface area contributed by atoms with Crippen LogP contribution in [0.1, 0.15) is 11.7 Å². The molecule has 0 aromatic heterocycles. The predicted octanol–water partition coefficient (Wildman–Crippen LogP) is 0.475. The largest absolute Gasteiger partial charge is 0.467 e. The third kappa shape index (κ3) is 2.19. The van der Waals surface area contributed by atoms with Gasteiger partial charge in [-0.25, -0.2) is 4.79 Å². The number of aliphatic hydroxyl groups excluding tert-OH is 1. The molecule has 70 valence electrons. The molecule has 1 unspecified atom stereocenters. The highest BCUT2D eigenvalue weighted by molar-refractivity contribution is 5.76. The number of aliphatic hydroxyl groups is 1. The Balaban J connectivity index is 2.83. The van der Waals surface area contributed by atoms with Gasteiger partial charge in [-0.3, -0.25) is 0 Å². The molecule has 0 spiro atoms. The third-order valence-electron chi connectivity index (χ3n) is 1.68.